The highest BCUT2D eigenvalue weighted by molar-refractivity contribution is 7.97. The van der Waals surface area contributed by atoms with Crippen molar-refractivity contribution in [2.24, 2.45) is 0 Å². The minimum Gasteiger partial charge on any atom is -0.497 e. The van der Waals surface area contributed by atoms with E-state index in [2.05, 4.69) is 5.32 Å². The molecule has 0 heterocycles. The Hall–Kier alpha value is -6.21. The fourth-order valence-electron chi connectivity index (χ4n) is 6.76. The number of Topliss-reactive ketones (excluding diaryl/α,β-unsaturated/α-hetero) is 1. The van der Waals surface area contributed by atoms with Gasteiger partial charge in [-0.25, -0.2) is 0 Å². The van der Waals surface area contributed by atoms with Crippen LogP contribution in [0.25, 0.3) is 0 Å². The number of benzene rings is 6. The summed E-state index contributed by atoms with van der Waals surface area (Å²) in [5.41, 5.74) is 2.63. The Balaban J connectivity index is 1.49. The normalized spacial score (nSPS) is 11.0. The number of ether oxygens (including phenoxy) is 3. The summed E-state index contributed by atoms with van der Waals surface area (Å²) in [6.07, 6.45) is -0.0395. The van der Waals surface area contributed by atoms with Gasteiger partial charge >= 0.3 is 0 Å². The van der Waals surface area contributed by atoms with E-state index in [9.17, 15) is 4.79 Å². The van der Waals surface area contributed by atoms with Crippen molar-refractivity contribution in [3.8, 4) is 11.5 Å². The molecule has 0 radical (unpaired) electrons. The fourth-order valence-corrected chi connectivity index (χ4v) is 11.2. The molecule has 1 N–H and O–H groups in total. The standard InChI is InChI=1S/C48H47N2O6P/c1-54-40-27-23-37(24-28-40)33-49-46(52)35-50(34-38-25-29-41(55-2)30-26-38)48(53)47(45(51)31-32-56-36-39-15-7-3-8-16-39)57(42-17-9-4-10-18-42,43-19-11-5-12-20-43)44-21-13-6-14-22-44/h3-30H,31-36H2,1-2H3,(H,49,52). The summed E-state index contributed by atoms with van der Waals surface area (Å²) in [5, 5.41) is 5.65. The Morgan fingerprint density at radius 2 is 1.02 bits per heavy atom. The number of rotatable bonds is 18. The van der Waals surface area contributed by atoms with Gasteiger partial charge in [-0.3, -0.25) is 14.4 Å². The first-order chi connectivity index (χ1) is 27.9. The van der Waals surface area contributed by atoms with Crippen molar-refractivity contribution in [3.05, 3.63) is 187 Å². The summed E-state index contributed by atoms with van der Waals surface area (Å²) in [5.74, 6) is 0.156. The van der Waals surface area contributed by atoms with Gasteiger partial charge in [0.25, 0.3) is 5.91 Å². The van der Waals surface area contributed by atoms with Crippen molar-refractivity contribution >= 4 is 45.7 Å². The number of nitrogens with one attached hydrogen (secondary N) is 1. The van der Waals surface area contributed by atoms with Crippen LogP contribution in [-0.2, 0) is 38.8 Å². The van der Waals surface area contributed by atoms with E-state index in [1.165, 1.54) is 4.90 Å². The molecular weight excluding hydrogens is 732 g/mol. The SMILES string of the molecule is COc1ccc(CNC(=O)CN(Cc2ccc(OC)cc2)C(=O)C(C(=O)CCOCc2ccccc2)=P(c2ccccc2)(c2ccccc2)c2ccccc2)cc1. The Morgan fingerprint density at radius 3 is 1.49 bits per heavy atom. The molecule has 0 aliphatic heterocycles. The minimum absolute atomic E-state index is 0.0395. The monoisotopic (exact) mass is 778 g/mol. The van der Waals surface area contributed by atoms with Crippen molar-refractivity contribution in [2.75, 3.05) is 27.4 Å². The Bertz CT molecular complexity index is 2160. The molecule has 0 saturated carbocycles. The van der Waals surface area contributed by atoms with Crippen LogP contribution in [0.5, 0.6) is 11.5 Å². The fraction of sp³-hybridized carbons (Fsp3) is 0.167. The summed E-state index contributed by atoms with van der Waals surface area (Å²) in [6.45, 7) is -2.76. The van der Waals surface area contributed by atoms with Crippen molar-refractivity contribution in [1.29, 1.82) is 0 Å². The van der Waals surface area contributed by atoms with Crippen molar-refractivity contribution in [2.45, 2.75) is 26.1 Å². The largest absolute Gasteiger partial charge is 0.497 e. The summed E-state index contributed by atoms with van der Waals surface area (Å²) in [4.78, 5) is 46.3. The molecule has 0 bridgehead atoms. The number of carbonyl (C=O) groups is 3. The molecule has 57 heavy (non-hydrogen) atoms. The van der Waals surface area contributed by atoms with Crippen molar-refractivity contribution in [3.63, 3.8) is 0 Å². The molecule has 9 heteroatoms. The lowest BCUT2D eigenvalue weighted by Crippen LogP contribution is -2.48. The zero-order valence-electron chi connectivity index (χ0n) is 32.3. The minimum atomic E-state index is -3.21. The van der Waals surface area contributed by atoms with Crippen LogP contribution in [0, 0.1) is 0 Å². The average Bonchev–Trinajstić information content (AvgIpc) is 3.27. The van der Waals surface area contributed by atoms with Crippen LogP contribution in [0.1, 0.15) is 23.1 Å². The zero-order valence-corrected chi connectivity index (χ0v) is 33.1. The lowest BCUT2D eigenvalue weighted by Gasteiger charge is -2.34. The molecule has 0 aliphatic rings. The molecule has 0 aliphatic carbocycles. The number of hydrogen-bond acceptors (Lipinski definition) is 6. The maximum atomic E-state index is 15.7. The lowest BCUT2D eigenvalue weighted by molar-refractivity contribution is -0.132. The van der Waals surface area contributed by atoms with Gasteiger partial charge in [-0.15, -0.1) is 0 Å². The maximum absolute atomic E-state index is 15.7. The van der Waals surface area contributed by atoms with E-state index in [-0.39, 0.29) is 49.6 Å². The Morgan fingerprint density at radius 1 is 0.561 bits per heavy atom. The zero-order chi connectivity index (χ0) is 39.9. The number of carbonyl (C=O) groups excluding carboxylic acids is 3. The van der Waals surface area contributed by atoms with Gasteiger partial charge in [0.2, 0.25) is 5.91 Å². The molecule has 0 atom stereocenters. The van der Waals surface area contributed by atoms with E-state index in [4.69, 9.17) is 14.2 Å². The van der Waals surface area contributed by atoms with Gasteiger partial charge in [0, 0.05) is 19.5 Å². The molecule has 2 amide bonds. The van der Waals surface area contributed by atoms with E-state index in [1.807, 2.05) is 170 Å². The first-order valence-electron chi connectivity index (χ1n) is 18.8. The molecule has 6 aromatic rings. The summed E-state index contributed by atoms with van der Waals surface area (Å²) in [7, 11) is 3.19. The molecule has 6 aromatic carbocycles. The third kappa shape index (κ3) is 10.2. The van der Waals surface area contributed by atoms with Gasteiger partial charge in [0.05, 0.1) is 32.7 Å². The number of nitrogens with zero attached hydrogens (tertiary/aromatic N) is 1. The van der Waals surface area contributed by atoms with Crippen LogP contribution >= 0.6 is 6.89 Å². The second kappa shape index (κ2) is 20.1. The second-order valence-corrected chi connectivity index (χ2v) is 16.7. The molecule has 0 aromatic heterocycles. The molecule has 290 valence electrons. The van der Waals surface area contributed by atoms with E-state index >= 15 is 9.59 Å². The molecule has 0 unspecified atom stereocenters. The average molecular weight is 779 g/mol. The molecule has 6 rings (SSSR count). The molecular formula is C48H47N2O6P. The smallest absolute Gasteiger partial charge is 0.259 e. The van der Waals surface area contributed by atoms with Crippen LogP contribution in [0.2, 0.25) is 0 Å². The number of methoxy groups -OCH3 is 2. The first-order valence-corrected chi connectivity index (χ1v) is 20.6. The van der Waals surface area contributed by atoms with Gasteiger partial charge in [-0.05, 0) is 63.8 Å². The molecule has 0 saturated heterocycles. The van der Waals surface area contributed by atoms with Crippen LogP contribution in [0.3, 0.4) is 0 Å². The van der Waals surface area contributed by atoms with Crippen molar-refractivity contribution < 1.29 is 28.6 Å². The highest BCUT2D eigenvalue weighted by atomic mass is 31.2. The Kier molecular flexibility index (Phi) is 14.3. The van der Waals surface area contributed by atoms with Crippen LogP contribution < -0.4 is 30.7 Å². The second-order valence-electron chi connectivity index (χ2n) is 13.4. The van der Waals surface area contributed by atoms with Gasteiger partial charge < -0.3 is 24.4 Å². The van der Waals surface area contributed by atoms with E-state index in [0.29, 0.717) is 18.1 Å². The highest BCUT2D eigenvalue weighted by Crippen LogP contribution is 2.47. The van der Waals surface area contributed by atoms with E-state index < -0.39 is 12.8 Å². The summed E-state index contributed by atoms with van der Waals surface area (Å²) in [6, 6.07) is 53.9. The lowest BCUT2D eigenvalue weighted by atomic mass is 10.1. The Labute approximate surface area is 335 Å². The van der Waals surface area contributed by atoms with Gasteiger partial charge in [0.1, 0.15) is 18.0 Å². The van der Waals surface area contributed by atoms with Crippen LogP contribution in [0.4, 0.5) is 0 Å². The topological polar surface area (TPSA) is 94.2 Å². The van der Waals surface area contributed by atoms with Gasteiger partial charge in [-0.1, -0.05) is 146 Å². The third-order valence-corrected chi connectivity index (χ3v) is 14.0. The van der Waals surface area contributed by atoms with Crippen LogP contribution in [-0.4, -0.2) is 55.2 Å². The third-order valence-electron chi connectivity index (χ3n) is 9.62. The van der Waals surface area contributed by atoms with Gasteiger partial charge in [-0.2, -0.15) is 0 Å². The quantitative estimate of drug-likeness (QED) is 0.0594. The van der Waals surface area contributed by atoms with E-state index in [1.54, 1.807) is 14.2 Å². The van der Waals surface area contributed by atoms with Gasteiger partial charge in [0.15, 0.2) is 5.78 Å². The highest BCUT2D eigenvalue weighted by Gasteiger charge is 2.38. The van der Waals surface area contributed by atoms with Crippen LogP contribution in [0.15, 0.2) is 170 Å². The maximum Gasteiger partial charge on any atom is 0.259 e. The number of ketones is 1. The predicted octanol–water partition coefficient (Wildman–Crippen LogP) is 6.69. The number of hydrogen-bond donors (Lipinski definition) is 1. The molecule has 8 nitrogen and oxygen atoms in total. The summed E-state index contributed by atoms with van der Waals surface area (Å²) < 4.78 is 16.7. The molecule has 0 fully saturated rings. The predicted molar refractivity (Wildman–Crippen MR) is 229 cm³/mol. The first kappa shape index (κ1) is 40.5. The summed E-state index contributed by atoms with van der Waals surface area (Å²) >= 11 is 0. The number of amides is 2. The molecule has 0 spiro atoms. The van der Waals surface area contributed by atoms with E-state index in [0.717, 1.165) is 32.6 Å². The van der Waals surface area contributed by atoms with Crippen molar-refractivity contribution in [1.82, 2.24) is 10.2 Å².